The van der Waals surface area contributed by atoms with E-state index in [4.69, 9.17) is 14.9 Å². The molecule has 1 aromatic carbocycles. The van der Waals surface area contributed by atoms with Crippen LogP contribution in [0.1, 0.15) is 23.9 Å². The molecule has 1 amide bonds. The van der Waals surface area contributed by atoms with Gasteiger partial charge in [-0.3, -0.25) is 19.4 Å². The highest BCUT2D eigenvalue weighted by molar-refractivity contribution is 5.78. The van der Waals surface area contributed by atoms with E-state index in [1.807, 2.05) is 35.1 Å². The average molecular weight is 449 g/mol. The molecule has 8 nitrogen and oxygen atoms in total. The molecule has 32 heavy (non-hydrogen) atoms. The van der Waals surface area contributed by atoms with E-state index in [9.17, 15) is 18.0 Å². The monoisotopic (exact) mass is 449 g/mol. The number of nitrogens with one attached hydrogen (secondary N) is 1. The third-order valence-electron chi connectivity index (χ3n) is 4.94. The Morgan fingerprint density at radius 3 is 2.59 bits per heavy atom. The molecule has 11 heteroatoms. The van der Waals surface area contributed by atoms with E-state index in [1.165, 1.54) is 0 Å². The van der Waals surface area contributed by atoms with Crippen LogP contribution in [0, 0.1) is 0 Å². The van der Waals surface area contributed by atoms with Crippen LogP contribution in [-0.2, 0) is 22.7 Å². The number of aliphatic carboxylic acids is 1. The van der Waals surface area contributed by atoms with Crippen molar-refractivity contribution >= 4 is 22.8 Å². The summed E-state index contributed by atoms with van der Waals surface area (Å²) in [5.74, 6) is -2.72. The van der Waals surface area contributed by atoms with E-state index in [2.05, 4.69) is 33.5 Å². The number of rotatable bonds is 4. The van der Waals surface area contributed by atoms with Crippen molar-refractivity contribution in [1.29, 1.82) is 0 Å². The number of hydrogen-bond acceptors (Lipinski definition) is 5. The normalized spacial score (nSPS) is 16.1. The summed E-state index contributed by atoms with van der Waals surface area (Å²) >= 11 is 0. The van der Waals surface area contributed by atoms with Gasteiger partial charge in [-0.05, 0) is 18.2 Å². The number of carboxylic acid groups (broad SMARTS) is 1. The summed E-state index contributed by atoms with van der Waals surface area (Å²) in [6.45, 7) is 2.37. The van der Waals surface area contributed by atoms with Crippen LogP contribution in [-0.4, -0.2) is 56.4 Å². The number of amides is 1. The number of benzene rings is 1. The summed E-state index contributed by atoms with van der Waals surface area (Å²) in [5, 5.41) is 15.4. The first-order chi connectivity index (χ1) is 15.2. The molecule has 1 unspecified atom stereocenters. The number of hydrogen-bond donors (Lipinski definition) is 2. The summed E-state index contributed by atoms with van der Waals surface area (Å²) in [6, 6.07) is 14.4. The molecule has 1 aliphatic heterocycles. The predicted octanol–water partition coefficient (Wildman–Crippen LogP) is 2.76. The Balaban J connectivity index is 0.000000360. The summed E-state index contributed by atoms with van der Waals surface area (Å²) in [5.41, 5.74) is 3.20. The van der Waals surface area contributed by atoms with E-state index in [0.717, 1.165) is 41.9 Å². The zero-order valence-corrected chi connectivity index (χ0v) is 17.2. The minimum Gasteiger partial charge on any atom is -0.475 e. The number of aromatic nitrogens is 3. The zero-order chi connectivity index (χ0) is 23.3. The van der Waals surface area contributed by atoms with Crippen molar-refractivity contribution in [1.82, 2.24) is 25.0 Å². The van der Waals surface area contributed by atoms with Gasteiger partial charge >= 0.3 is 12.1 Å². The van der Waals surface area contributed by atoms with Crippen molar-refractivity contribution in [2.24, 2.45) is 0 Å². The molecule has 1 aliphatic rings. The fourth-order valence-corrected chi connectivity index (χ4v) is 3.48. The Bertz CT molecular complexity index is 1100. The lowest BCUT2D eigenvalue weighted by Gasteiger charge is -2.33. The van der Waals surface area contributed by atoms with Crippen LogP contribution in [0.15, 0.2) is 48.7 Å². The van der Waals surface area contributed by atoms with E-state index in [-0.39, 0.29) is 11.9 Å². The van der Waals surface area contributed by atoms with Crippen molar-refractivity contribution in [3.63, 3.8) is 0 Å². The summed E-state index contributed by atoms with van der Waals surface area (Å²) < 4.78 is 33.7. The number of carbonyl (C=O) groups excluding carboxylic acids is 1. The molecule has 170 valence electrons. The fourth-order valence-electron chi connectivity index (χ4n) is 3.48. The van der Waals surface area contributed by atoms with Gasteiger partial charge in [0.1, 0.15) is 0 Å². The molecule has 4 rings (SSSR count). The van der Waals surface area contributed by atoms with Crippen molar-refractivity contribution in [2.75, 3.05) is 13.6 Å². The Morgan fingerprint density at radius 2 is 1.91 bits per heavy atom. The lowest BCUT2D eigenvalue weighted by atomic mass is 10.1. The SMILES string of the molecule is CNC(=O)CC1CN(Cc2ccc3ccccc3n2)Cc2ccnn21.O=C(O)C(F)(F)F. The first-order valence-electron chi connectivity index (χ1n) is 9.77. The van der Waals surface area contributed by atoms with Gasteiger partial charge in [0.2, 0.25) is 5.91 Å². The first-order valence-corrected chi connectivity index (χ1v) is 9.77. The molecule has 0 saturated carbocycles. The van der Waals surface area contributed by atoms with Crippen LogP contribution < -0.4 is 5.32 Å². The standard InChI is InChI=1S/C19H21N5O.C2HF3O2/c1-20-19(25)10-17-13-23(12-16-8-9-21-24(16)17)11-15-7-6-14-4-2-3-5-18(14)22-15;3-2(4,5)1(6)7/h2-9,17H,10-13H2,1H3,(H,20,25);(H,6,7). The first kappa shape index (κ1) is 23.2. The molecule has 0 radical (unpaired) electrons. The summed E-state index contributed by atoms with van der Waals surface area (Å²) in [6.07, 6.45) is -2.84. The van der Waals surface area contributed by atoms with Crippen molar-refractivity contribution in [3.8, 4) is 0 Å². The molecule has 1 atom stereocenters. The van der Waals surface area contributed by atoms with Gasteiger partial charge in [0.25, 0.3) is 0 Å². The lowest BCUT2D eigenvalue weighted by Crippen LogP contribution is -2.39. The Labute approximate surface area is 181 Å². The Morgan fingerprint density at radius 1 is 1.19 bits per heavy atom. The molecule has 3 aromatic rings. The molecular formula is C21H22F3N5O3. The van der Waals surface area contributed by atoms with Gasteiger partial charge in [-0.15, -0.1) is 0 Å². The molecule has 0 bridgehead atoms. The van der Waals surface area contributed by atoms with Crippen molar-refractivity contribution < 1.29 is 27.9 Å². The van der Waals surface area contributed by atoms with E-state index >= 15 is 0 Å². The zero-order valence-electron chi connectivity index (χ0n) is 17.2. The molecule has 3 heterocycles. The van der Waals surface area contributed by atoms with Gasteiger partial charge in [0.15, 0.2) is 0 Å². The molecule has 2 aromatic heterocycles. The highest BCUT2D eigenvalue weighted by atomic mass is 19.4. The molecule has 0 aliphatic carbocycles. The second-order valence-electron chi connectivity index (χ2n) is 7.27. The minimum absolute atomic E-state index is 0.0390. The largest absolute Gasteiger partial charge is 0.490 e. The quantitative estimate of drug-likeness (QED) is 0.636. The third kappa shape index (κ3) is 5.82. The number of para-hydroxylation sites is 1. The number of pyridine rings is 1. The van der Waals surface area contributed by atoms with Crippen LogP contribution in [0.5, 0.6) is 0 Å². The molecule has 0 fully saturated rings. The maximum absolute atomic E-state index is 11.8. The molecule has 0 spiro atoms. The maximum atomic E-state index is 11.8. The van der Waals surface area contributed by atoms with E-state index in [0.29, 0.717) is 6.42 Å². The molecule has 2 N–H and O–H groups in total. The van der Waals surface area contributed by atoms with Crippen LogP contribution in [0.4, 0.5) is 13.2 Å². The fraction of sp³-hybridized carbons (Fsp3) is 0.333. The number of carbonyl (C=O) groups is 2. The lowest BCUT2D eigenvalue weighted by molar-refractivity contribution is -0.192. The van der Waals surface area contributed by atoms with Gasteiger partial charge in [-0.1, -0.05) is 24.3 Å². The predicted molar refractivity (Wildman–Crippen MR) is 109 cm³/mol. The minimum atomic E-state index is -5.08. The van der Waals surface area contributed by atoms with Crippen LogP contribution >= 0.6 is 0 Å². The molecular weight excluding hydrogens is 427 g/mol. The average Bonchev–Trinajstić information content (AvgIpc) is 3.22. The Kier molecular flexibility index (Phi) is 7.08. The maximum Gasteiger partial charge on any atom is 0.490 e. The second-order valence-corrected chi connectivity index (χ2v) is 7.27. The van der Waals surface area contributed by atoms with Crippen LogP contribution in [0.2, 0.25) is 0 Å². The number of nitrogens with zero attached hydrogens (tertiary/aromatic N) is 4. The van der Waals surface area contributed by atoms with Crippen LogP contribution in [0.25, 0.3) is 10.9 Å². The van der Waals surface area contributed by atoms with Crippen molar-refractivity contribution in [3.05, 3.63) is 60.0 Å². The van der Waals surface area contributed by atoms with Gasteiger partial charge in [0, 0.05) is 38.3 Å². The highest BCUT2D eigenvalue weighted by Gasteiger charge is 2.38. The van der Waals surface area contributed by atoms with Gasteiger partial charge in [-0.2, -0.15) is 18.3 Å². The van der Waals surface area contributed by atoms with Crippen molar-refractivity contribution in [2.45, 2.75) is 31.7 Å². The van der Waals surface area contributed by atoms with Gasteiger partial charge in [-0.25, -0.2) is 4.79 Å². The molecule has 0 saturated heterocycles. The van der Waals surface area contributed by atoms with E-state index < -0.39 is 12.1 Å². The Hall–Kier alpha value is -3.47. The number of carboxylic acids is 1. The van der Waals surface area contributed by atoms with E-state index in [1.54, 1.807) is 7.05 Å². The topological polar surface area (TPSA) is 100 Å². The summed E-state index contributed by atoms with van der Waals surface area (Å²) in [7, 11) is 1.67. The number of fused-ring (bicyclic) bond motifs is 2. The third-order valence-corrected chi connectivity index (χ3v) is 4.94. The highest BCUT2D eigenvalue weighted by Crippen LogP contribution is 2.24. The van der Waals surface area contributed by atoms with Gasteiger partial charge in [0.05, 0.1) is 29.4 Å². The second kappa shape index (κ2) is 9.77. The van der Waals surface area contributed by atoms with Crippen LogP contribution in [0.3, 0.4) is 0 Å². The number of alkyl halides is 3. The smallest absolute Gasteiger partial charge is 0.475 e. The van der Waals surface area contributed by atoms with Gasteiger partial charge < -0.3 is 10.4 Å². The number of halogens is 3. The summed E-state index contributed by atoms with van der Waals surface area (Å²) in [4.78, 5) is 27.8.